The minimum atomic E-state index is -4.69. The van der Waals surface area contributed by atoms with Gasteiger partial charge in [0.05, 0.1) is 40.0 Å². The van der Waals surface area contributed by atoms with Crippen molar-refractivity contribution in [2.24, 2.45) is 11.8 Å². The Morgan fingerprint density at radius 1 is 0.797 bits per heavy atom. The fourth-order valence-corrected chi connectivity index (χ4v) is 7.86. The number of ketones is 1. The third-order valence-electron chi connectivity index (χ3n) is 10.8. The maximum Gasteiger partial charge on any atom is 0.306 e. The number of quaternary nitrogens is 1. The fraction of sp³-hybridized carbons (Fsp3) is 0.848. The number of carbonyl (C=O) groups excluding carboxylic acids is 3. The highest BCUT2D eigenvalue weighted by atomic mass is 31.2. The molecule has 12 nitrogen and oxygen atoms in total. The summed E-state index contributed by atoms with van der Waals surface area (Å²) >= 11 is 0. The quantitative estimate of drug-likeness (QED) is 0.0200. The number of unbranched alkanes of at least 4 members (excludes halogenated alkanes) is 16. The van der Waals surface area contributed by atoms with Crippen LogP contribution in [-0.2, 0) is 37.5 Å². The molecule has 13 heteroatoms. The average Bonchev–Trinajstić information content (AvgIpc) is 3.44. The van der Waals surface area contributed by atoms with Crippen molar-refractivity contribution in [1.82, 2.24) is 0 Å². The van der Waals surface area contributed by atoms with Gasteiger partial charge in [-0.15, -0.1) is 0 Å². The molecule has 1 aliphatic rings. The summed E-state index contributed by atoms with van der Waals surface area (Å²) in [6.07, 6.45) is 28.2. The van der Waals surface area contributed by atoms with Gasteiger partial charge in [0.1, 0.15) is 25.5 Å². The summed E-state index contributed by atoms with van der Waals surface area (Å²) in [6, 6.07) is 0. The van der Waals surface area contributed by atoms with Crippen LogP contribution in [-0.4, -0.2) is 98.2 Å². The number of aliphatic hydroxyl groups is 2. The molecule has 0 amide bonds. The number of hydrogen-bond donors (Lipinski definition) is 2. The maximum atomic E-state index is 12.7. The Hall–Kier alpha value is -1.92. The summed E-state index contributed by atoms with van der Waals surface area (Å²) in [5.74, 6) is -1.53. The largest absolute Gasteiger partial charge is 0.756 e. The standard InChI is InChI=1S/C46H84NO11P/c1-6-8-10-11-12-13-14-15-16-17-18-19-20-21-27-31-46(52)58-40(38-57-59(53,54)56-35-34-47(3,4)5)37-55-45(51)30-26-23-22-25-29-41-42(44(50)36-43(41)49)33-32-39(48)28-24-9-7-2/h15-16,32-33,39-42,44,48,50H,6-14,17-31,34-38H2,1-5H3/b16-15-,33-32+/t39-,40+,41+,42+,44+/m0/s1. The molecule has 0 aliphatic heterocycles. The van der Waals surface area contributed by atoms with Crippen molar-refractivity contribution in [3.8, 4) is 0 Å². The molecule has 1 unspecified atom stereocenters. The van der Waals surface area contributed by atoms with Crippen LogP contribution < -0.4 is 4.89 Å². The van der Waals surface area contributed by atoms with E-state index in [9.17, 15) is 34.1 Å². The Morgan fingerprint density at radius 2 is 1.36 bits per heavy atom. The number of ether oxygens (including phenoxy) is 2. The van der Waals surface area contributed by atoms with Crippen LogP contribution in [0.5, 0.6) is 0 Å². The van der Waals surface area contributed by atoms with Gasteiger partial charge >= 0.3 is 11.9 Å². The van der Waals surface area contributed by atoms with E-state index in [0.717, 1.165) is 77.0 Å². The average molecular weight is 858 g/mol. The molecule has 0 heterocycles. The predicted octanol–water partition coefficient (Wildman–Crippen LogP) is 9.09. The molecule has 2 N–H and O–H groups in total. The molecule has 0 spiro atoms. The van der Waals surface area contributed by atoms with Crippen molar-refractivity contribution in [3.63, 3.8) is 0 Å². The highest BCUT2D eigenvalue weighted by Crippen LogP contribution is 2.38. The lowest BCUT2D eigenvalue weighted by Crippen LogP contribution is -2.37. The normalized spacial score (nSPS) is 19.4. The van der Waals surface area contributed by atoms with E-state index in [-0.39, 0.29) is 50.1 Å². The van der Waals surface area contributed by atoms with E-state index in [1.54, 1.807) is 6.08 Å². The number of nitrogens with zero attached hydrogens (tertiary/aromatic N) is 1. The van der Waals surface area contributed by atoms with Gasteiger partial charge in [0.2, 0.25) is 0 Å². The molecular weight excluding hydrogens is 773 g/mol. The van der Waals surface area contributed by atoms with Gasteiger partial charge in [0, 0.05) is 31.1 Å². The number of phosphoric ester groups is 1. The van der Waals surface area contributed by atoms with Gasteiger partial charge in [-0.1, -0.05) is 128 Å². The number of Topliss-reactive ketones (excluding diaryl/α,β-unsaturated/α-hetero) is 1. The Bertz CT molecular complexity index is 1220. The lowest BCUT2D eigenvalue weighted by atomic mass is 9.88. The Kier molecular flexibility index (Phi) is 31.4. The summed E-state index contributed by atoms with van der Waals surface area (Å²) in [7, 11) is 1.03. The van der Waals surface area contributed by atoms with E-state index in [0.29, 0.717) is 36.7 Å². The van der Waals surface area contributed by atoms with Crippen LogP contribution in [0.3, 0.4) is 0 Å². The van der Waals surface area contributed by atoms with Gasteiger partial charge in [0.15, 0.2) is 6.10 Å². The fourth-order valence-electron chi connectivity index (χ4n) is 7.13. The number of aliphatic hydroxyl groups excluding tert-OH is 2. The number of allylic oxidation sites excluding steroid dienone is 2. The Balaban J connectivity index is 2.46. The second-order valence-corrected chi connectivity index (χ2v) is 19.0. The zero-order chi connectivity index (χ0) is 43.8. The lowest BCUT2D eigenvalue weighted by molar-refractivity contribution is -0.870. The van der Waals surface area contributed by atoms with E-state index >= 15 is 0 Å². The number of rotatable bonds is 38. The molecule has 6 atom stereocenters. The molecule has 1 aliphatic carbocycles. The molecule has 1 fully saturated rings. The van der Waals surface area contributed by atoms with Gasteiger partial charge < -0.3 is 38.1 Å². The minimum Gasteiger partial charge on any atom is -0.756 e. The van der Waals surface area contributed by atoms with Crippen LogP contribution in [0.4, 0.5) is 0 Å². The summed E-state index contributed by atoms with van der Waals surface area (Å²) in [4.78, 5) is 50.4. The van der Waals surface area contributed by atoms with Crippen molar-refractivity contribution >= 4 is 25.5 Å². The zero-order valence-corrected chi connectivity index (χ0v) is 38.6. The van der Waals surface area contributed by atoms with Crippen molar-refractivity contribution in [3.05, 3.63) is 24.3 Å². The molecule has 0 aromatic carbocycles. The van der Waals surface area contributed by atoms with Crippen LogP contribution >= 0.6 is 7.82 Å². The molecule has 1 rings (SSSR count). The highest BCUT2D eigenvalue weighted by molar-refractivity contribution is 7.45. The predicted molar refractivity (Wildman–Crippen MR) is 232 cm³/mol. The summed E-state index contributed by atoms with van der Waals surface area (Å²) in [5.41, 5.74) is 0. The smallest absolute Gasteiger partial charge is 0.306 e. The SMILES string of the molecule is CCCCCCCC/C=C\CCCCCCCC(=O)O[C@H](COC(=O)CCCCCC[C@H]1C(=O)C[C@@H](O)[C@@H]1/C=C/[C@@H](O)CCCCC)COP(=O)([O-])OCC[N+](C)(C)C. The first-order valence-electron chi connectivity index (χ1n) is 23.1. The monoisotopic (exact) mass is 858 g/mol. The molecule has 59 heavy (non-hydrogen) atoms. The molecule has 0 radical (unpaired) electrons. The molecule has 1 saturated carbocycles. The van der Waals surface area contributed by atoms with Crippen LogP contribution in [0.2, 0.25) is 0 Å². The first-order chi connectivity index (χ1) is 28.2. The van der Waals surface area contributed by atoms with Crippen molar-refractivity contribution in [2.75, 3.05) is 47.5 Å². The maximum absolute atomic E-state index is 12.7. The highest BCUT2D eigenvalue weighted by Gasteiger charge is 2.39. The Labute approximate surface area is 358 Å². The van der Waals surface area contributed by atoms with E-state index in [1.807, 2.05) is 27.2 Å². The number of likely N-dealkylation sites (N-methyl/N-ethyl adjacent to an activating group) is 1. The first-order valence-corrected chi connectivity index (χ1v) is 24.6. The van der Waals surface area contributed by atoms with Crippen LogP contribution in [0, 0.1) is 11.8 Å². The van der Waals surface area contributed by atoms with Gasteiger partial charge in [-0.3, -0.25) is 18.9 Å². The molecule has 0 aromatic rings. The van der Waals surface area contributed by atoms with Crippen molar-refractivity contribution < 1.29 is 57.1 Å². The van der Waals surface area contributed by atoms with E-state index in [1.165, 1.54) is 38.5 Å². The molecule has 0 bridgehead atoms. The van der Waals surface area contributed by atoms with Crippen LogP contribution in [0.1, 0.15) is 174 Å². The van der Waals surface area contributed by atoms with E-state index in [4.69, 9.17) is 18.5 Å². The van der Waals surface area contributed by atoms with Gasteiger partial charge in [-0.05, 0) is 51.4 Å². The summed E-state index contributed by atoms with van der Waals surface area (Å²) < 4.78 is 33.9. The number of phosphoric acid groups is 1. The van der Waals surface area contributed by atoms with E-state index < -0.39 is 44.7 Å². The van der Waals surface area contributed by atoms with E-state index in [2.05, 4.69) is 26.0 Å². The molecule has 0 saturated heterocycles. The van der Waals surface area contributed by atoms with Crippen molar-refractivity contribution in [2.45, 2.75) is 193 Å². The summed E-state index contributed by atoms with van der Waals surface area (Å²) in [5, 5.41) is 20.7. The first kappa shape index (κ1) is 55.1. The second kappa shape index (κ2) is 33.7. The molecule has 0 aromatic heterocycles. The number of hydrogen-bond acceptors (Lipinski definition) is 11. The lowest BCUT2D eigenvalue weighted by Gasteiger charge is -2.28. The summed E-state index contributed by atoms with van der Waals surface area (Å²) in [6.45, 7) is 3.84. The number of esters is 2. The minimum absolute atomic E-state index is 0.0483. The van der Waals surface area contributed by atoms with Crippen LogP contribution in [0.15, 0.2) is 24.3 Å². The third-order valence-corrected chi connectivity index (χ3v) is 11.8. The van der Waals surface area contributed by atoms with Gasteiger partial charge in [-0.2, -0.15) is 0 Å². The second-order valence-electron chi connectivity index (χ2n) is 17.5. The van der Waals surface area contributed by atoms with Crippen LogP contribution in [0.25, 0.3) is 0 Å². The molecule has 344 valence electrons. The topological polar surface area (TPSA) is 169 Å². The molecular formula is C46H84NO11P. The van der Waals surface area contributed by atoms with Gasteiger partial charge in [0.25, 0.3) is 7.82 Å². The van der Waals surface area contributed by atoms with Crippen molar-refractivity contribution in [1.29, 1.82) is 0 Å². The third kappa shape index (κ3) is 30.7. The zero-order valence-electron chi connectivity index (χ0n) is 37.7. The Morgan fingerprint density at radius 3 is 1.98 bits per heavy atom. The number of carbonyl (C=O) groups is 3. The van der Waals surface area contributed by atoms with Gasteiger partial charge in [-0.25, -0.2) is 0 Å².